The number of carbonyl (C=O) groups excluding carboxylic acids is 1. The van der Waals surface area contributed by atoms with Gasteiger partial charge < -0.3 is 5.11 Å². The minimum absolute atomic E-state index is 0.217. The topological polar surface area (TPSA) is 57.6 Å². The van der Waals surface area contributed by atoms with Crippen molar-refractivity contribution >= 4 is 57.6 Å². The molecule has 0 spiro atoms. The minimum Gasteiger partial charge on any atom is -0.480 e. The van der Waals surface area contributed by atoms with Crippen molar-refractivity contribution < 1.29 is 14.7 Å². The summed E-state index contributed by atoms with van der Waals surface area (Å²) in [6.45, 7) is 0. The number of thiocarbonyl (C=S) groups is 1. The average Bonchev–Trinajstić information content (AvgIpc) is 3.16. The first kappa shape index (κ1) is 16.9. The summed E-state index contributed by atoms with van der Waals surface area (Å²) in [4.78, 5) is 27.0. The van der Waals surface area contributed by atoms with Gasteiger partial charge in [0.2, 0.25) is 0 Å². The second-order valence-electron chi connectivity index (χ2n) is 5.11. The van der Waals surface area contributed by atoms with Gasteiger partial charge in [-0.15, -0.1) is 11.3 Å². The van der Waals surface area contributed by atoms with Gasteiger partial charge in [0.05, 0.1) is 4.91 Å². The molecule has 7 heteroatoms. The molecule has 2 aromatic rings. The quantitative estimate of drug-likeness (QED) is 0.639. The van der Waals surface area contributed by atoms with Gasteiger partial charge in [-0.05, 0) is 23.1 Å². The monoisotopic (exact) mass is 375 g/mol. The number of nitrogens with zero attached hydrogens (tertiary/aromatic N) is 1. The molecule has 1 N–H and O–H groups in total. The molecule has 1 aliphatic heterocycles. The number of rotatable bonds is 5. The average molecular weight is 375 g/mol. The summed E-state index contributed by atoms with van der Waals surface area (Å²) in [7, 11) is 0. The van der Waals surface area contributed by atoms with Crippen LogP contribution in [0.25, 0.3) is 6.08 Å². The van der Waals surface area contributed by atoms with E-state index < -0.39 is 12.0 Å². The van der Waals surface area contributed by atoms with Gasteiger partial charge in [0, 0.05) is 11.3 Å². The zero-order valence-electron chi connectivity index (χ0n) is 12.4. The molecule has 0 aliphatic carbocycles. The summed E-state index contributed by atoms with van der Waals surface area (Å²) in [5.74, 6) is -1.41. The molecule has 1 atom stereocenters. The van der Waals surface area contributed by atoms with Crippen molar-refractivity contribution in [3.8, 4) is 0 Å². The van der Waals surface area contributed by atoms with Gasteiger partial charge in [0.25, 0.3) is 5.91 Å². The molecule has 0 bridgehead atoms. The lowest BCUT2D eigenvalue weighted by Gasteiger charge is -2.23. The van der Waals surface area contributed by atoms with Gasteiger partial charge in [-0.2, -0.15) is 0 Å². The maximum absolute atomic E-state index is 12.7. The smallest absolute Gasteiger partial charge is 0.327 e. The van der Waals surface area contributed by atoms with Crippen molar-refractivity contribution in [3.05, 3.63) is 63.2 Å². The SMILES string of the molecule is O=C(O)[C@H](Cc1ccccc1)N1C(=O)/C(=C/c2cccs2)SC1=S. The predicted molar refractivity (Wildman–Crippen MR) is 101 cm³/mol. The van der Waals surface area contributed by atoms with Crippen molar-refractivity contribution in [3.63, 3.8) is 0 Å². The molecule has 3 rings (SSSR count). The summed E-state index contributed by atoms with van der Waals surface area (Å²) in [5.41, 5.74) is 0.848. The Kier molecular flexibility index (Phi) is 5.13. The Balaban J connectivity index is 1.87. The number of thioether (sulfide) groups is 1. The predicted octanol–water partition coefficient (Wildman–Crippen LogP) is 3.65. The first-order valence-corrected chi connectivity index (χ1v) is 9.24. The Hall–Kier alpha value is -1.96. The van der Waals surface area contributed by atoms with E-state index in [-0.39, 0.29) is 16.6 Å². The number of hydrogen-bond donors (Lipinski definition) is 1. The summed E-state index contributed by atoms with van der Waals surface area (Å²) < 4.78 is 0.283. The zero-order chi connectivity index (χ0) is 17.1. The Morgan fingerprint density at radius 1 is 1.25 bits per heavy atom. The van der Waals surface area contributed by atoms with E-state index in [1.165, 1.54) is 16.2 Å². The van der Waals surface area contributed by atoms with E-state index in [2.05, 4.69) is 0 Å². The molecule has 1 saturated heterocycles. The van der Waals surface area contributed by atoms with Crippen LogP contribution in [0.3, 0.4) is 0 Å². The molecular formula is C17H13NO3S3. The van der Waals surface area contributed by atoms with Gasteiger partial charge in [0.15, 0.2) is 0 Å². The maximum Gasteiger partial charge on any atom is 0.327 e. The maximum atomic E-state index is 12.7. The van der Waals surface area contributed by atoms with E-state index >= 15 is 0 Å². The molecular weight excluding hydrogens is 362 g/mol. The van der Waals surface area contributed by atoms with Crippen molar-refractivity contribution in [2.75, 3.05) is 0 Å². The number of aliphatic carboxylic acids is 1. The first-order valence-electron chi connectivity index (χ1n) is 7.13. The zero-order valence-corrected chi connectivity index (χ0v) is 14.9. The number of carbonyl (C=O) groups is 2. The van der Waals surface area contributed by atoms with Crippen molar-refractivity contribution in [2.24, 2.45) is 0 Å². The molecule has 0 radical (unpaired) electrons. The molecule has 1 amide bonds. The highest BCUT2D eigenvalue weighted by atomic mass is 32.2. The second kappa shape index (κ2) is 7.29. The second-order valence-corrected chi connectivity index (χ2v) is 7.77. The van der Waals surface area contributed by atoms with Crippen LogP contribution in [0.15, 0.2) is 52.7 Å². The molecule has 24 heavy (non-hydrogen) atoms. The summed E-state index contributed by atoms with van der Waals surface area (Å²) in [5, 5.41) is 11.5. The molecule has 2 heterocycles. The fourth-order valence-electron chi connectivity index (χ4n) is 2.38. The lowest BCUT2D eigenvalue weighted by Crippen LogP contribution is -2.45. The van der Waals surface area contributed by atoms with Gasteiger partial charge in [-0.25, -0.2) is 4.79 Å². The summed E-state index contributed by atoms with van der Waals surface area (Å²) >= 11 is 7.93. The molecule has 4 nitrogen and oxygen atoms in total. The molecule has 1 aliphatic rings. The van der Waals surface area contributed by atoms with Crippen LogP contribution in [0.1, 0.15) is 10.4 Å². The number of carboxylic acid groups (broad SMARTS) is 1. The van der Waals surface area contributed by atoms with E-state index in [1.807, 2.05) is 47.8 Å². The lowest BCUT2D eigenvalue weighted by atomic mass is 10.0. The fourth-order valence-corrected chi connectivity index (χ4v) is 4.46. The van der Waals surface area contributed by atoms with Crippen molar-refractivity contribution in [1.82, 2.24) is 4.90 Å². The number of thiophene rings is 1. The highest BCUT2D eigenvalue weighted by Crippen LogP contribution is 2.35. The fraction of sp³-hybridized carbons (Fsp3) is 0.118. The van der Waals surface area contributed by atoms with Gasteiger partial charge in [0.1, 0.15) is 10.4 Å². The Bertz CT molecular complexity index is 800. The minimum atomic E-state index is -1.06. The number of amides is 1. The number of hydrogen-bond acceptors (Lipinski definition) is 5. The summed E-state index contributed by atoms with van der Waals surface area (Å²) in [6, 6.07) is 12.0. The van der Waals surface area contributed by atoms with Crippen LogP contribution in [0.5, 0.6) is 0 Å². The van der Waals surface area contributed by atoms with Gasteiger partial charge >= 0.3 is 5.97 Å². The van der Waals surface area contributed by atoms with Crippen LogP contribution in [-0.4, -0.2) is 32.2 Å². The van der Waals surface area contributed by atoms with E-state index in [9.17, 15) is 14.7 Å². The molecule has 1 fully saturated rings. The standard InChI is InChI=1S/C17H13NO3S3/c19-15-14(10-12-7-4-8-23-12)24-17(22)18(15)13(16(20)21)9-11-5-2-1-3-6-11/h1-8,10,13H,9H2,(H,20,21)/b14-10-/t13-/m0/s1. The third-order valence-electron chi connectivity index (χ3n) is 3.51. The molecule has 1 aromatic carbocycles. The van der Waals surface area contributed by atoms with E-state index in [0.717, 1.165) is 22.2 Å². The van der Waals surface area contributed by atoms with Crippen LogP contribution in [-0.2, 0) is 16.0 Å². The van der Waals surface area contributed by atoms with E-state index in [0.29, 0.717) is 4.91 Å². The van der Waals surface area contributed by atoms with Crippen LogP contribution >= 0.6 is 35.3 Å². The Morgan fingerprint density at radius 3 is 2.62 bits per heavy atom. The third-order valence-corrected chi connectivity index (χ3v) is 5.66. The van der Waals surface area contributed by atoms with Crippen molar-refractivity contribution in [2.45, 2.75) is 12.5 Å². The third kappa shape index (κ3) is 3.58. The van der Waals surface area contributed by atoms with Crippen LogP contribution in [0.2, 0.25) is 0 Å². The number of benzene rings is 1. The normalized spacial score (nSPS) is 17.5. The largest absolute Gasteiger partial charge is 0.480 e. The van der Waals surface area contributed by atoms with Crippen LogP contribution in [0.4, 0.5) is 0 Å². The van der Waals surface area contributed by atoms with Gasteiger partial charge in [-0.1, -0.05) is 60.4 Å². The lowest BCUT2D eigenvalue weighted by molar-refractivity contribution is -0.145. The van der Waals surface area contributed by atoms with Crippen LogP contribution < -0.4 is 0 Å². The van der Waals surface area contributed by atoms with Crippen LogP contribution in [0, 0.1) is 0 Å². The number of carboxylic acids is 1. The van der Waals surface area contributed by atoms with E-state index in [1.54, 1.807) is 6.08 Å². The van der Waals surface area contributed by atoms with Crippen molar-refractivity contribution in [1.29, 1.82) is 0 Å². The molecule has 0 saturated carbocycles. The Morgan fingerprint density at radius 2 is 2.00 bits per heavy atom. The molecule has 0 unspecified atom stereocenters. The summed E-state index contributed by atoms with van der Waals surface area (Å²) in [6.07, 6.45) is 1.97. The van der Waals surface area contributed by atoms with Gasteiger partial charge in [-0.3, -0.25) is 9.69 Å². The first-order chi connectivity index (χ1) is 11.6. The molecule has 1 aromatic heterocycles. The highest BCUT2D eigenvalue weighted by Gasteiger charge is 2.40. The molecule has 122 valence electrons. The highest BCUT2D eigenvalue weighted by molar-refractivity contribution is 8.26. The Labute approximate surface area is 152 Å². The van der Waals surface area contributed by atoms with E-state index in [4.69, 9.17) is 12.2 Å².